The van der Waals surface area contributed by atoms with E-state index in [9.17, 15) is 4.79 Å². The fourth-order valence-corrected chi connectivity index (χ4v) is 4.17. The molecule has 3 aromatic rings. The van der Waals surface area contributed by atoms with E-state index in [1.165, 1.54) is 23.7 Å². The molecule has 1 aliphatic rings. The average molecular weight is 432 g/mol. The minimum absolute atomic E-state index is 0.111. The number of hydrogen-bond donors (Lipinski definition) is 0. The Morgan fingerprint density at radius 1 is 1.06 bits per heavy atom. The van der Waals surface area contributed by atoms with Crippen LogP contribution in [0.5, 0.6) is 0 Å². The number of amides is 1. The molecule has 2 aromatic carbocycles. The van der Waals surface area contributed by atoms with Gasteiger partial charge in [-0.2, -0.15) is 5.10 Å². The Bertz CT molecular complexity index is 1100. The summed E-state index contributed by atoms with van der Waals surface area (Å²) in [6.45, 7) is 7.06. The maximum absolute atomic E-state index is 13.3. The topological polar surface area (TPSA) is 63.4 Å². The normalized spacial score (nSPS) is 15.2. The van der Waals surface area contributed by atoms with Gasteiger partial charge in [-0.05, 0) is 42.2 Å². The number of benzene rings is 2. The molecule has 158 valence electrons. The molecule has 31 heavy (non-hydrogen) atoms. The van der Waals surface area contributed by atoms with Crippen molar-refractivity contribution in [3.8, 4) is 0 Å². The lowest BCUT2D eigenvalue weighted by atomic mass is 10.0. The average Bonchev–Trinajstić information content (AvgIpc) is 3.38. The molecular formula is C24H25N5OS. The van der Waals surface area contributed by atoms with Crippen molar-refractivity contribution in [1.29, 1.82) is 0 Å². The van der Waals surface area contributed by atoms with Crippen molar-refractivity contribution < 1.29 is 4.79 Å². The van der Waals surface area contributed by atoms with E-state index in [4.69, 9.17) is 4.99 Å². The zero-order valence-corrected chi connectivity index (χ0v) is 18.7. The molecule has 0 atom stereocenters. The van der Waals surface area contributed by atoms with E-state index in [1.54, 1.807) is 15.9 Å². The minimum atomic E-state index is -0.111. The summed E-state index contributed by atoms with van der Waals surface area (Å²) in [6.07, 6.45) is 5.07. The Morgan fingerprint density at radius 2 is 1.81 bits per heavy atom. The number of aromatic nitrogens is 3. The third kappa shape index (κ3) is 4.94. The first-order chi connectivity index (χ1) is 15.0. The number of amidine groups is 1. The van der Waals surface area contributed by atoms with Crippen LogP contribution in [0.3, 0.4) is 0 Å². The summed E-state index contributed by atoms with van der Waals surface area (Å²) in [6, 6.07) is 16.2. The maximum atomic E-state index is 13.3. The molecule has 4 rings (SSSR count). The third-order valence-corrected chi connectivity index (χ3v) is 5.97. The predicted octanol–water partition coefficient (Wildman–Crippen LogP) is 4.89. The highest BCUT2D eigenvalue weighted by Crippen LogP contribution is 2.30. The Morgan fingerprint density at radius 3 is 2.45 bits per heavy atom. The molecule has 2 heterocycles. The quantitative estimate of drug-likeness (QED) is 0.522. The van der Waals surface area contributed by atoms with E-state index in [0.29, 0.717) is 23.3 Å². The van der Waals surface area contributed by atoms with Gasteiger partial charge in [0.1, 0.15) is 18.4 Å². The molecule has 6 nitrogen and oxygen atoms in total. The second-order valence-electron chi connectivity index (χ2n) is 7.73. The molecule has 0 unspecified atom stereocenters. The summed E-state index contributed by atoms with van der Waals surface area (Å²) in [4.78, 5) is 23.6. The van der Waals surface area contributed by atoms with Gasteiger partial charge in [-0.1, -0.05) is 67.6 Å². The lowest BCUT2D eigenvalue weighted by Gasteiger charge is -2.18. The predicted molar refractivity (Wildman–Crippen MR) is 127 cm³/mol. The van der Waals surface area contributed by atoms with Gasteiger partial charge >= 0.3 is 0 Å². The molecule has 0 bridgehead atoms. The van der Waals surface area contributed by atoms with Gasteiger partial charge in [-0.25, -0.2) is 9.98 Å². The van der Waals surface area contributed by atoms with Crippen LogP contribution in [0.4, 0.5) is 5.69 Å². The fraction of sp³-hybridized carbons (Fsp3) is 0.250. The van der Waals surface area contributed by atoms with E-state index in [-0.39, 0.29) is 5.91 Å². The molecule has 0 fully saturated rings. The lowest BCUT2D eigenvalue weighted by molar-refractivity contribution is -0.113. The second kappa shape index (κ2) is 9.31. The van der Waals surface area contributed by atoms with Gasteiger partial charge in [0, 0.05) is 5.75 Å². The summed E-state index contributed by atoms with van der Waals surface area (Å²) < 4.78 is 1.77. The number of thioether (sulfide) groups is 1. The van der Waals surface area contributed by atoms with Crippen molar-refractivity contribution >= 4 is 34.6 Å². The molecular weight excluding hydrogens is 406 g/mol. The largest absolute Gasteiger partial charge is 0.283 e. The van der Waals surface area contributed by atoms with E-state index >= 15 is 0 Å². The third-order valence-electron chi connectivity index (χ3n) is 5.05. The van der Waals surface area contributed by atoms with Crippen LogP contribution in [0.25, 0.3) is 6.08 Å². The maximum Gasteiger partial charge on any atom is 0.283 e. The van der Waals surface area contributed by atoms with Crippen LogP contribution in [-0.2, 0) is 11.3 Å². The molecule has 7 heteroatoms. The molecule has 1 amide bonds. The van der Waals surface area contributed by atoms with Gasteiger partial charge in [-0.3, -0.25) is 14.4 Å². The Hall–Kier alpha value is -3.19. The van der Waals surface area contributed by atoms with Crippen LogP contribution in [0.1, 0.15) is 36.5 Å². The lowest BCUT2D eigenvalue weighted by Crippen LogP contribution is -2.30. The Kier molecular flexibility index (Phi) is 6.32. The van der Waals surface area contributed by atoms with E-state index in [1.807, 2.05) is 49.4 Å². The molecule has 0 spiro atoms. The van der Waals surface area contributed by atoms with Gasteiger partial charge in [0.15, 0.2) is 5.17 Å². The Balaban J connectivity index is 1.59. The van der Waals surface area contributed by atoms with Crippen LogP contribution >= 0.6 is 11.8 Å². The SMILES string of the molecule is Cc1ccc(N2C(=O)C(=Cc3ccc(C(C)C)cc3)N=C2SCCn2cncn2)cc1. The van der Waals surface area contributed by atoms with Crippen molar-refractivity contribution in [2.75, 3.05) is 10.7 Å². The summed E-state index contributed by atoms with van der Waals surface area (Å²) in [5.74, 6) is 1.09. The van der Waals surface area contributed by atoms with E-state index in [0.717, 1.165) is 22.6 Å². The number of aryl methyl sites for hydroxylation is 2. The summed E-state index contributed by atoms with van der Waals surface area (Å²) >= 11 is 1.54. The van der Waals surface area contributed by atoms with Gasteiger partial charge < -0.3 is 0 Å². The number of aliphatic imine (C=N–C) groups is 1. The summed E-state index contributed by atoms with van der Waals surface area (Å²) in [5, 5.41) is 4.81. The van der Waals surface area contributed by atoms with Gasteiger partial charge in [0.25, 0.3) is 5.91 Å². The molecule has 1 aliphatic heterocycles. The first-order valence-corrected chi connectivity index (χ1v) is 11.3. The van der Waals surface area contributed by atoms with Crippen molar-refractivity contribution in [2.45, 2.75) is 33.2 Å². The highest BCUT2D eigenvalue weighted by atomic mass is 32.2. The van der Waals surface area contributed by atoms with E-state index < -0.39 is 0 Å². The zero-order chi connectivity index (χ0) is 21.8. The molecule has 0 aliphatic carbocycles. The Labute approximate surface area is 186 Å². The highest BCUT2D eigenvalue weighted by molar-refractivity contribution is 8.14. The highest BCUT2D eigenvalue weighted by Gasteiger charge is 2.31. The molecule has 0 saturated heterocycles. The number of nitrogens with zero attached hydrogens (tertiary/aromatic N) is 5. The van der Waals surface area contributed by atoms with Crippen LogP contribution in [-0.4, -0.2) is 31.6 Å². The number of rotatable bonds is 6. The fourth-order valence-electron chi connectivity index (χ4n) is 3.23. The standard InChI is InChI=1S/C24H25N5OS/c1-17(2)20-8-6-19(7-9-20)14-22-23(30)29(21-10-4-18(3)5-11-21)24(27-22)31-13-12-28-16-25-15-26-28/h4-11,14-17H,12-13H2,1-3H3. The van der Waals surface area contributed by atoms with Crippen LogP contribution in [0.15, 0.2) is 71.9 Å². The summed E-state index contributed by atoms with van der Waals surface area (Å²) in [7, 11) is 0. The number of hydrogen-bond acceptors (Lipinski definition) is 5. The number of anilines is 1. The van der Waals surface area contributed by atoms with Crippen LogP contribution < -0.4 is 4.90 Å². The number of carbonyl (C=O) groups excluding carboxylic acids is 1. The molecule has 1 aromatic heterocycles. The first kappa shape index (κ1) is 21.1. The van der Waals surface area contributed by atoms with Crippen molar-refractivity contribution in [3.63, 3.8) is 0 Å². The first-order valence-electron chi connectivity index (χ1n) is 10.3. The zero-order valence-electron chi connectivity index (χ0n) is 17.9. The second-order valence-corrected chi connectivity index (χ2v) is 8.79. The van der Waals surface area contributed by atoms with Gasteiger partial charge in [0.05, 0.1) is 12.2 Å². The minimum Gasteiger partial charge on any atom is -0.266 e. The number of carbonyl (C=O) groups is 1. The monoisotopic (exact) mass is 431 g/mol. The molecule has 0 radical (unpaired) electrons. The van der Waals surface area contributed by atoms with Crippen molar-refractivity contribution in [1.82, 2.24) is 14.8 Å². The van der Waals surface area contributed by atoms with Gasteiger partial charge in [-0.15, -0.1) is 0 Å². The van der Waals surface area contributed by atoms with Crippen LogP contribution in [0, 0.1) is 6.92 Å². The smallest absolute Gasteiger partial charge is 0.266 e. The van der Waals surface area contributed by atoms with Crippen molar-refractivity contribution in [3.05, 3.63) is 83.6 Å². The summed E-state index contributed by atoms with van der Waals surface area (Å²) in [5.41, 5.74) is 4.65. The van der Waals surface area contributed by atoms with E-state index in [2.05, 4.69) is 36.1 Å². The van der Waals surface area contributed by atoms with Crippen molar-refractivity contribution in [2.24, 2.45) is 4.99 Å². The molecule has 0 saturated carbocycles. The van der Waals surface area contributed by atoms with Gasteiger partial charge in [0.2, 0.25) is 0 Å². The van der Waals surface area contributed by atoms with Crippen LogP contribution in [0.2, 0.25) is 0 Å². The molecule has 0 N–H and O–H groups in total.